The maximum atomic E-state index is 12.1. The quantitative estimate of drug-likeness (QED) is 0.437. The van der Waals surface area contributed by atoms with Gasteiger partial charge in [0, 0.05) is 5.57 Å². The summed E-state index contributed by atoms with van der Waals surface area (Å²) in [5.74, 6) is -2.77. The molecule has 0 aromatic carbocycles. The molecule has 0 bridgehead atoms. The molecule has 1 heterocycles. The van der Waals surface area contributed by atoms with Gasteiger partial charge in [0.1, 0.15) is 0 Å². The molecule has 0 N–H and O–H groups in total. The van der Waals surface area contributed by atoms with E-state index in [2.05, 4.69) is 17.4 Å². The SMILES string of the molecule is C=C/C=C1\C(=C)C(=O)N(OS(=O)(=O)C(F)(F)F)C1=O. The first kappa shape index (κ1) is 15.1. The third-order valence-corrected chi connectivity index (χ3v) is 2.84. The van der Waals surface area contributed by atoms with Gasteiger partial charge >= 0.3 is 15.6 Å². The molecule has 2 amide bonds. The van der Waals surface area contributed by atoms with Crippen LogP contribution in [0.15, 0.2) is 36.5 Å². The van der Waals surface area contributed by atoms with Gasteiger partial charge in [-0.2, -0.15) is 21.6 Å². The van der Waals surface area contributed by atoms with Crippen molar-refractivity contribution in [1.29, 1.82) is 0 Å². The van der Waals surface area contributed by atoms with Crippen LogP contribution in [0.1, 0.15) is 0 Å². The first-order valence-corrected chi connectivity index (χ1v) is 5.85. The summed E-state index contributed by atoms with van der Waals surface area (Å²) in [4.78, 5) is 22.9. The fourth-order valence-corrected chi connectivity index (χ4v) is 1.48. The zero-order valence-electron chi connectivity index (χ0n) is 9.10. The Morgan fingerprint density at radius 3 is 2.16 bits per heavy atom. The van der Waals surface area contributed by atoms with Crippen molar-refractivity contribution in [2.75, 3.05) is 0 Å². The number of halogens is 3. The normalized spacial score (nSPS) is 19.4. The predicted octanol–water partition coefficient (Wildman–Crippen LogP) is 0.805. The minimum atomic E-state index is -6.12. The van der Waals surface area contributed by atoms with E-state index in [-0.39, 0.29) is 0 Å². The molecule has 0 atom stereocenters. The van der Waals surface area contributed by atoms with Crippen LogP contribution in [-0.4, -0.2) is 30.8 Å². The summed E-state index contributed by atoms with van der Waals surface area (Å²) in [7, 11) is -6.12. The van der Waals surface area contributed by atoms with Crippen molar-refractivity contribution < 1.29 is 35.5 Å². The van der Waals surface area contributed by atoms with Gasteiger partial charge in [0.05, 0.1) is 5.57 Å². The van der Waals surface area contributed by atoms with Crippen LogP contribution < -0.4 is 0 Å². The summed E-state index contributed by atoms with van der Waals surface area (Å²) in [6.45, 7) is 6.36. The van der Waals surface area contributed by atoms with E-state index in [1.807, 2.05) is 0 Å². The number of carbonyl (C=O) groups excluding carboxylic acids is 2. The van der Waals surface area contributed by atoms with E-state index in [4.69, 9.17) is 0 Å². The van der Waals surface area contributed by atoms with E-state index < -0.39 is 43.7 Å². The Kier molecular flexibility index (Phi) is 3.68. The second-order valence-corrected chi connectivity index (χ2v) is 4.69. The number of carbonyl (C=O) groups is 2. The van der Waals surface area contributed by atoms with Gasteiger partial charge in [0.15, 0.2) is 0 Å². The standard InChI is InChI=1S/C9H6F3NO5S/c1-3-4-6-5(2)7(14)13(8(6)15)18-19(16,17)9(10,11)12/h3-4H,1-2H2/b6-4+. The average Bonchev–Trinajstić information content (AvgIpc) is 2.45. The van der Waals surface area contributed by atoms with Crippen molar-refractivity contribution in [3.8, 4) is 0 Å². The molecule has 104 valence electrons. The molecule has 0 radical (unpaired) electrons. The van der Waals surface area contributed by atoms with Crippen LogP contribution in [0.2, 0.25) is 0 Å². The molecule has 1 rings (SSSR count). The fraction of sp³-hybridized carbons (Fsp3) is 0.111. The maximum Gasteiger partial charge on any atom is 0.525 e. The highest BCUT2D eigenvalue weighted by Gasteiger charge is 2.52. The Morgan fingerprint density at radius 1 is 1.21 bits per heavy atom. The Labute approximate surface area is 105 Å². The minimum absolute atomic E-state index is 0.405. The molecule has 1 aliphatic rings. The first-order valence-electron chi connectivity index (χ1n) is 4.44. The van der Waals surface area contributed by atoms with Gasteiger partial charge in [-0.25, -0.2) is 0 Å². The lowest BCUT2D eigenvalue weighted by molar-refractivity contribution is -0.164. The van der Waals surface area contributed by atoms with E-state index in [1.165, 1.54) is 0 Å². The topological polar surface area (TPSA) is 80.8 Å². The largest absolute Gasteiger partial charge is 0.525 e. The lowest BCUT2D eigenvalue weighted by atomic mass is 10.1. The number of allylic oxidation sites excluding steroid dienone is 2. The molecular formula is C9H6F3NO5S. The Morgan fingerprint density at radius 2 is 1.74 bits per heavy atom. The number of alkyl halides is 3. The second kappa shape index (κ2) is 4.63. The summed E-state index contributed by atoms with van der Waals surface area (Å²) in [5, 5.41) is -0.513. The second-order valence-electron chi connectivity index (χ2n) is 3.17. The Hall–Kier alpha value is -1.94. The van der Waals surface area contributed by atoms with Gasteiger partial charge in [-0.3, -0.25) is 9.59 Å². The first-order chi connectivity index (χ1) is 8.53. The highest BCUT2D eigenvalue weighted by molar-refractivity contribution is 7.87. The number of hydrogen-bond donors (Lipinski definition) is 0. The highest BCUT2D eigenvalue weighted by atomic mass is 32.2. The van der Waals surface area contributed by atoms with Gasteiger partial charge in [-0.05, 0) is 6.08 Å². The van der Waals surface area contributed by atoms with Crippen LogP contribution in [0.4, 0.5) is 13.2 Å². The number of hydrogen-bond acceptors (Lipinski definition) is 5. The number of amides is 2. The van der Waals surface area contributed by atoms with Crippen LogP contribution in [0.3, 0.4) is 0 Å². The van der Waals surface area contributed by atoms with Crippen LogP contribution in [0.25, 0.3) is 0 Å². The Balaban J connectivity index is 3.15. The van der Waals surface area contributed by atoms with Crippen molar-refractivity contribution in [2.24, 2.45) is 0 Å². The smallest absolute Gasteiger partial charge is 0.266 e. The number of nitrogens with zero attached hydrogens (tertiary/aromatic N) is 1. The average molecular weight is 297 g/mol. The summed E-state index contributed by atoms with van der Waals surface area (Å²) in [6, 6.07) is 0. The van der Waals surface area contributed by atoms with E-state index in [0.717, 1.165) is 12.2 Å². The molecule has 6 nitrogen and oxygen atoms in total. The van der Waals surface area contributed by atoms with Crippen LogP contribution >= 0.6 is 0 Å². The molecule has 0 saturated carbocycles. The van der Waals surface area contributed by atoms with Gasteiger partial charge in [0.2, 0.25) is 0 Å². The van der Waals surface area contributed by atoms with E-state index in [1.54, 1.807) is 0 Å². The van der Waals surface area contributed by atoms with Gasteiger partial charge in [0.25, 0.3) is 11.8 Å². The molecule has 1 saturated heterocycles. The molecular weight excluding hydrogens is 291 g/mol. The molecule has 10 heteroatoms. The Bertz CT molecular complexity index is 602. The van der Waals surface area contributed by atoms with Crippen LogP contribution in [0, 0.1) is 0 Å². The zero-order chi connectivity index (χ0) is 15.0. The predicted molar refractivity (Wildman–Crippen MR) is 55.3 cm³/mol. The number of rotatable bonds is 3. The summed E-state index contributed by atoms with van der Waals surface area (Å²) < 4.78 is 61.1. The fourth-order valence-electron chi connectivity index (χ4n) is 1.07. The van der Waals surface area contributed by atoms with E-state index >= 15 is 0 Å². The molecule has 0 unspecified atom stereocenters. The molecule has 1 aliphatic heterocycles. The van der Waals surface area contributed by atoms with Gasteiger partial charge < -0.3 is 0 Å². The molecule has 0 spiro atoms. The summed E-state index contributed by atoms with van der Waals surface area (Å²) in [6.07, 6.45) is 2.07. The highest BCUT2D eigenvalue weighted by Crippen LogP contribution is 2.30. The van der Waals surface area contributed by atoms with Gasteiger partial charge in [-0.15, -0.1) is 9.35 Å². The third-order valence-electron chi connectivity index (χ3n) is 1.92. The number of hydroxylamine groups is 2. The van der Waals surface area contributed by atoms with Crippen molar-refractivity contribution >= 4 is 21.9 Å². The monoisotopic (exact) mass is 297 g/mol. The van der Waals surface area contributed by atoms with Crippen molar-refractivity contribution in [2.45, 2.75) is 5.51 Å². The van der Waals surface area contributed by atoms with Gasteiger partial charge in [-0.1, -0.05) is 19.2 Å². The molecule has 0 aromatic rings. The molecule has 0 aliphatic carbocycles. The molecule has 1 fully saturated rings. The lowest BCUT2D eigenvalue weighted by Crippen LogP contribution is -2.37. The molecule has 19 heavy (non-hydrogen) atoms. The van der Waals surface area contributed by atoms with Crippen LogP contribution in [-0.2, 0) is 24.0 Å². The summed E-state index contributed by atoms with van der Waals surface area (Å²) in [5.41, 5.74) is -6.67. The maximum absolute atomic E-state index is 12.1. The van der Waals surface area contributed by atoms with E-state index in [0.29, 0.717) is 0 Å². The third kappa shape index (κ3) is 2.58. The van der Waals surface area contributed by atoms with E-state index in [9.17, 15) is 31.2 Å². The van der Waals surface area contributed by atoms with Crippen molar-refractivity contribution in [1.82, 2.24) is 5.06 Å². The minimum Gasteiger partial charge on any atom is -0.266 e. The summed E-state index contributed by atoms with van der Waals surface area (Å²) >= 11 is 0. The lowest BCUT2D eigenvalue weighted by Gasteiger charge is -2.13. The zero-order valence-corrected chi connectivity index (χ0v) is 9.92. The van der Waals surface area contributed by atoms with Crippen molar-refractivity contribution in [3.63, 3.8) is 0 Å². The number of imide groups is 1. The van der Waals surface area contributed by atoms with Crippen LogP contribution in [0.5, 0.6) is 0 Å². The van der Waals surface area contributed by atoms with Crippen molar-refractivity contribution in [3.05, 3.63) is 36.5 Å². The molecule has 0 aromatic heterocycles.